The van der Waals surface area contributed by atoms with E-state index in [4.69, 9.17) is 11.6 Å². The Morgan fingerprint density at radius 3 is 2.35 bits per heavy atom. The number of benzene rings is 2. The van der Waals surface area contributed by atoms with Gasteiger partial charge in [-0.3, -0.25) is 4.79 Å². The van der Waals surface area contributed by atoms with Crippen molar-refractivity contribution in [1.82, 2.24) is 10.6 Å². The van der Waals surface area contributed by atoms with Crippen LogP contribution in [0.5, 0.6) is 0 Å². The van der Waals surface area contributed by atoms with Crippen LogP contribution in [0.25, 0.3) is 0 Å². The SMILES string of the molecule is O=C(CNC(=O)Nc1ccccc1Cl)NCCc1ccccc1. The summed E-state index contributed by atoms with van der Waals surface area (Å²) in [7, 11) is 0. The molecular weight excluding hydrogens is 314 g/mol. The van der Waals surface area contributed by atoms with Crippen LogP contribution in [0, 0.1) is 0 Å². The van der Waals surface area contributed by atoms with Crippen molar-refractivity contribution in [1.29, 1.82) is 0 Å². The maximum absolute atomic E-state index is 11.7. The molecule has 0 saturated heterocycles. The minimum Gasteiger partial charge on any atom is -0.354 e. The molecule has 0 aliphatic carbocycles. The Hall–Kier alpha value is -2.53. The van der Waals surface area contributed by atoms with Crippen LogP contribution < -0.4 is 16.0 Å². The second kappa shape index (κ2) is 8.80. The molecule has 0 fully saturated rings. The third kappa shape index (κ3) is 6.00. The molecule has 0 heterocycles. The summed E-state index contributed by atoms with van der Waals surface area (Å²) in [6, 6.07) is 16.3. The second-order valence-corrected chi connectivity index (χ2v) is 5.28. The van der Waals surface area contributed by atoms with Crippen LogP contribution in [0.2, 0.25) is 5.02 Å². The van der Waals surface area contributed by atoms with Crippen molar-refractivity contribution in [3.63, 3.8) is 0 Å². The number of carbonyl (C=O) groups is 2. The van der Waals surface area contributed by atoms with E-state index < -0.39 is 6.03 Å². The van der Waals surface area contributed by atoms with E-state index >= 15 is 0 Å². The van der Waals surface area contributed by atoms with E-state index in [0.29, 0.717) is 17.3 Å². The van der Waals surface area contributed by atoms with E-state index in [1.807, 2.05) is 30.3 Å². The summed E-state index contributed by atoms with van der Waals surface area (Å²) in [6.45, 7) is 0.432. The van der Waals surface area contributed by atoms with Crippen molar-refractivity contribution in [2.75, 3.05) is 18.4 Å². The number of hydrogen-bond donors (Lipinski definition) is 3. The molecule has 3 N–H and O–H groups in total. The van der Waals surface area contributed by atoms with Crippen LogP contribution >= 0.6 is 11.6 Å². The van der Waals surface area contributed by atoms with Gasteiger partial charge in [0.2, 0.25) is 5.91 Å². The zero-order valence-corrected chi connectivity index (χ0v) is 13.3. The first-order valence-electron chi connectivity index (χ1n) is 7.25. The van der Waals surface area contributed by atoms with Gasteiger partial charge >= 0.3 is 6.03 Å². The van der Waals surface area contributed by atoms with Crippen molar-refractivity contribution >= 4 is 29.2 Å². The van der Waals surface area contributed by atoms with Crippen molar-refractivity contribution in [2.45, 2.75) is 6.42 Å². The van der Waals surface area contributed by atoms with Crippen molar-refractivity contribution in [3.05, 3.63) is 65.2 Å². The standard InChI is InChI=1S/C17H18ClN3O2/c18-14-8-4-5-9-15(14)21-17(23)20-12-16(22)19-11-10-13-6-2-1-3-7-13/h1-9H,10-12H2,(H,19,22)(H2,20,21,23). The summed E-state index contributed by atoms with van der Waals surface area (Å²) in [6.07, 6.45) is 0.748. The van der Waals surface area contributed by atoms with Crippen LogP contribution in [-0.2, 0) is 11.2 Å². The molecule has 0 aliphatic rings. The minimum atomic E-state index is -0.476. The summed E-state index contributed by atoms with van der Waals surface area (Å²) < 4.78 is 0. The molecule has 3 amide bonds. The monoisotopic (exact) mass is 331 g/mol. The topological polar surface area (TPSA) is 70.2 Å². The van der Waals surface area contributed by atoms with E-state index in [1.54, 1.807) is 24.3 Å². The molecule has 2 aromatic carbocycles. The van der Waals surface area contributed by atoms with Crippen molar-refractivity contribution < 1.29 is 9.59 Å². The summed E-state index contributed by atoms with van der Waals surface area (Å²) in [5.41, 5.74) is 1.65. The quantitative estimate of drug-likeness (QED) is 0.761. The lowest BCUT2D eigenvalue weighted by Crippen LogP contribution is -2.39. The molecule has 0 aliphatic heterocycles. The number of nitrogens with one attached hydrogen (secondary N) is 3. The van der Waals surface area contributed by atoms with Crippen LogP contribution in [0.3, 0.4) is 0 Å². The number of urea groups is 1. The Labute approximate surface area is 140 Å². The summed E-state index contributed by atoms with van der Waals surface area (Å²) in [5.74, 6) is -0.241. The van der Waals surface area contributed by atoms with Gasteiger partial charge in [-0.1, -0.05) is 54.1 Å². The highest BCUT2D eigenvalue weighted by Gasteiger charge is 2.07. The fourth-order valence-corrected chi connectivity index (χ4v) is 2.13. The minimum absolute atomic E-state index is 0.0922. The van der Waals surface area contributed by atoms with Gasteiger partial charge in [0.25, 0.3) is 0 Å². The number of halogens is 1. The molecule has 0 aromatic heterocycles. The number of anilines is 1. The number of carbonyl (C=O) groups excluding carboxylic acids is 2. The molecule has 6 heteroatoms. The summed E-state index contributed by atoms with van der Waals surface area (Å²) >= 11 is 5.94. The Kier molecular flexibility index (Phi) is 6.44. The lowest BCUT2D eigenvalue weighted by atomic mass is 10.1. The fourth-order valence-electron chi connectivity index (χ4n) is 1.94. The van der Waals surface area contributed by atoms with Gasteiger partial charge in [-0.05, 0) is 24.1 Å². The Balaban J connectivity index is 1.66. The largest absolute Gasteiger partial charge is 0.354 e. The zero-order chi connectivity index (χ0) is 16.5. The first kappa shape index (κ1) is 16.8. The van der Waals surface area contributed by atoms with Crippen LogP contribution in [0.4, 0.5) is 10.5 Å². The second-order valence-electron chi connectivity index (χ2n) is 4.87. The van der Waals surface area contributed by atoms with Crippen molar-refractivity contribution in [2.24, 2.45) is 0 Å². The zero-order valence-electron chi connectivity index (χ0n) is 12.5. The van der Waals surface area contributed by atoms with Gasteiger partial charge in [-0.15, -0.1) is 0 Å². The molecule has 0 bridgehead atoms. The van der Waals surface area contributed by atoms with E-state index in [9.17, 15) is 9.59 Å². The van der Waals surface area contributed by atoms with Gasteiger partial charge in [0.1, 0.15) is 0 Å². The predicted molar refractivity (Wildman–Crippen MR) is 91.6 cm³/mol. The van der Waals surface area contributed by atoms with Gasteiger partial charge in [0.05, 0.1) is 17.3 Å². The van der Waals surface area contributed by atoms with Crippen LogP contribution in [0.1, 0.15) is 5.56 Å². The third-order valence-electron chi connectivity index (χ3n) is 3.11. The van der Waals surface area contributed by atoms with E-state index in [0.717, 1.165) is 12.0 Å². The third-order valence-corrected chi connectivity index (χ3v) is 3.44. The Morgan fingerprint density at radius 1 is 0.913 bits per heavy atom. The first-order valence-corrected chi connectivity index (χ1v) is 7.63. The molecule has 0 saturated carbocycles. The molecule has 2 rings (SSSR count). The average molecular weight is 332 g/mol. The average Bonchev–Trinajstić information content (AvgIpc) is 2.56. The molecule has 0 atom stereocenters. The van der Waals surface area contributed by atoms with Gasteiger partial charge in [0, 0.05) is 6.54 Å². The molecule has 0 radical (unpaired) electrons. The highest BCUT2D eigenvalue weighted by atomic mass is 35.5. The van der Waals surface area contributed by atoms with E-state index in [1.165, 1.54) is 0 Å². The molecule has 2 aromatic rings. The fraction of sp³-hybridized carbons (Fsp3) is 0.176. The number of para-hydroxylation sites is 1. The predicted octanol–water partition coefficient (Wildman–Crippen LogP) is 2.82. The van der Waals surface area contributed by atoms with Gasteiger partial charge in [-0.25, -0.2) is 4.79 Å². The molecule has 0 unspecified atom stereocenters. The highest BCUT2D eigenvalue weighted by Crippen LogP contribution is 2.19. The lowest BCUT2D eigenvalue weighted by molar-refractivity contribution is -0.120. The number of amides is 3. The van der Waals surface area contributed by atoms with Gasteiger partial charge in [0.15, 0.2) is 0 Å². The maximum atomic E-state index is 11.7. The highest BCUT2D eigenvalue weighted by molar-refractivity contribution is 6.33. The van der Waals surface area contributed by atoms with Gasteiger partial charge < -0.3 is 16.0 Å². The molecule has 0 spiro atoms. The first-order chi connectivity index (χ1) is 11.1. The van der Waals surface area contributed by atoms with E-state index in [-0.39, 0.29) is 12.5 Å². The maximum Gasteiger partial charge on any atom is 0.319 e. The number of rotatable bonds is 6. The molecule has 5 nitrogen and oxygen atoms in total. The van der Waals surface area contributed by atoms with Gasteiger partial charge in [-0.2, -0.15) is 0 Å². The van der Waals surface area contributed by atoms with E-state index in [2.05, 4.69) is 16.0 Å². The Bertz CT molecular complexity index is 662. The lowest BCUT2D eigenvalue weighted by Gasteiger charge is -2.09. The smallest absolute Gasteiger partial charge is 0.319 e. The number of hydrogen-bond acceptors (Lipinski definition) is 2. The molecule has 23 heavy (non-hydrogen) atoms. The van der Waals surface area contributed by atoms with Crippen LogP contribution in [-0.4, -0.2) is 25.0 Å². The van der Waals surface area contributed by atoms with Crippen LogP contribution in [0.15, 0.2) is 54.6 Å². The normalized spacial score (nSPS) is 9.96. The molecule has 120 valence electrons. The Morgan fingerprint density at radius 2 is 1.61 bits per heavy atom. The summed E-state index contributed by atoms with van der Waals surface area (Å²) in [5, 5.41) is 8.27. The van der Waals surface area contributed by atoms with Crippen molar-refractivity contribution in [3.8, 4) is 0 Å². The summed E-state index contributed by atoms with van der Waals surface area (Å²) in [4.78, 5) is 23.4. The molecular formula is C17H18ClN3O2.